The van der Waals surface area contributed by atoms with E-state index < -0.39 is 10.2 Å². The lowest BCUT2D eigenvalue weighted by molar-refractivity contribution is 0.0676. The topological polar surface area (TPSA) is 65.1 Å². The van der Waals surface area contributed by atoms with E-state index in [1.165, 1.54) is 6.42 Å². The van der Waals surface area contributed by atoms with Crippen LogP contribution in [0.2, 0.25) is 0 Å². The molecular weight excluding hydrogens is 316 g/mol. The highest BCUT2D eigenvalue weighted by Crippen LogP contribution is 2.17. The van der Waals surface area contributed by atoms with Crippen molar-refractivity contribution in [3.63, 3.8) is 0 Å². The number of rotatable bonds is 3. The van der Waals surface area contributed by atoms with Crippen LogP contribution in [-0.4, -0.2) is 93.5 Å². The molecular formula is C12H25ClN4O3S. The van der Waals surface area contributed by atoms with E-state index in [1.54, 1.807) is 8.61 Å². The minimum atomic E-state index is -3.29. The maximum Gasteiger partial charge on any atom is 0.282 e. The van der Waals surface area contributed by atoms with Crippen LogP contribution in [0.25, 0.3) is 0 Å². The van der Waals surface area contributed by atoms with Gasteiger partial charge in [0.25, 0.3) is 10.2 Å². The fourth-order valence-corrected chi connectivity index (χ4v) is 4.75. The zero-order chi connectivity index (χ0) is 14.0. The SMILES string of the molecule is Cl.O=S(=O)(N1CCOCC1)N1CCN(C2CCNC2)CC1. The second-order valence-corrected chi connectivity index (χ2v) is 7.53. The van der Waals surface area contributed by atoms with Gasteiger partial charge in [-0.2, -0.15) is 17.0 Å². The Hall–Kier alpha value is 0.0400. The molecule has 3 fully saturated rings. The minimum Gasteiger partial charge on any atom is -0.379 e. The summed E-state index contributed by atoms with van der Waals surface area (Å²) >= 11 is 0. The molecule has 1 atom stereocenters. The second-order valence-electron chi connectivity index (χ2n) is 5.60. The number of nitrogens with zero attached hydrogens (tertiary/aromatic N) is 3. The van der Waals surface area contributed by atoms with Crippen LogP contribution in [-0.2, 0) is 14.9 Å². The molecule has 0 aromatic carbocycles. The monoisotopic (exact) mass is 340 g/mol. The number of hydrogen-bond acceptors (Lipinski definition) is 5. The Morgan fingerprint density at radius 3 is 2.14 bits per heavy atom. The van der Waals surface area contributed by atoms with Crippen LogP contribution in [0.1, 0.15) is 6.42 Å². The van der Waals surface area contributed by atoms with Crippen molar-refractivity contribution in [2.45, 2.75) is 12.5 Å². The smallest absolute Gasteiger partial charge is 0.282 e. The summed E-state index contributed by atoms with van der Waals surface area (Å²) in [6, 6.07) is 0.586. The third-order valence-corrected chi connectivity index (χ3v) is 6.48. The van der Waals surface area contributed by atoms with Crippen molar-refractivity contribution in [1.82, 2.24) is 18.8 Å². The van der Waals surface area contributed by atoms with Gasteiger partial charge in [0.05, 0.1) is 13.2 Å². The average Bonchev–Trinajstić information content (AvgIpc) is 3.02. The van der Waals surface area contributed by atoms with Crippen molar-refractivity contribution in [3.05, 3.63) is 0 Å². The zero-order valence-electron chi connectivity index (χ0n) is 12.2. The Bertz CT molecular complexity index is 416. The zero-order valence-corrected chi connectivity index (χ0v) is 13.9. The highest BCUT2D eigenvalue weighted by Gasteiger charge is 2.35. The molecule has 0 spiro atoms. The van der Waals surface area contributed by atoms with Crippen molar-refractivity contribution < 1.29 is 13.2 Å². The number of halogens is 1. The van der Waals surface area contributed by atoms with Gasteiger partial charge in [0, 0.05) is 51.9 Å². The highest BCUT2D eigenvalue weighted by molar-refractivity contribution is 7.86. The summed E-state index contributed by atoms with van der Waals surface area (Å²) in [5.41, 5.74) is 0. The van der Waals surface area contributed by atoms with E-state index in [0.29, 0.717) is 45.4 Å². The van der Waals surface area contributed by atoms with Crippen molar-refractivity contribution in [3.8, 4) is 0 Å². The van der Waals surface area contributed by atoms with Gasteiger partial charge in [-0.3, -0.25) is 4.90 Å². The Labute approximate surface area is 133 Å². The molecule has 7 nitrogen and oxygen atoms in total. The van der Waals surface area contributed by atoms with Crippen molar-refractivity contribution >= 4 is 22.6 Å². The van der Waals surface area contributed by atoms with Crippen LogP contribution < -0.4 is 5.32 Å². The summed E-state index contributed by atoms with van der Waals surface area (Å²) in [6.07, 6.45) is 1.18. The van der Waals surface area contributed by atoms with Crippen molar-refractivity contribution in [2.75, 3.05) is 65.6 Å². The molecule has 0 aliphatic carbocycles. The molecule has 9 heteroatoms. The molecule has 3 aliphatic heterocycles. The maximum absolute atomic E-state index is 12.5. The van der Waals surface area contributed by atoms with Gasteiger partial charge in [0.2, 0.25) is 0 Å². The normalized spacial score (nSPS) is 30.2. The summed E-state index contributed by atoms with van der Waals surface area (Å²) in [5, 5.41) is 3.37. The summed E-state index contributed by atoms with van der Waals surface area (Å²) in [5.74, 6) is 0. The van der Waals surface area contributed by atoms with E-state index in [4.69, 9.17) is 4.74 Å². The molecule has 0 aromatic heterocycles. The molecule has 21 heavy (non-hydrogen) atoms. The maximum atomic E-state index is 12.5. The van der Waals surface area contributed by atoms with Crippen LogP contribution in [0.5, 0.6) is 0 Å². The summed E-state index contributed by atoms with van der Waals surface area (Å²) < 4.78 is 33.5. The number of morpholine rings is 1. The minimum absolute atomic E-state index is 0. The van der Waals surface area contributed by atoms with Crippen molar-refractivity contribution in [2.24, 2.45) is 0 Å². The first-order chi connectivity index (χ1) is 9.68. The van der Waals surface area contributed by atoms with Gasteiger partial charge in [-0.05, 0) is 13.0 Å². The number of hydrogen-bond donors (Lipinski definition) is 1. The first kappa shape index (κ1) is 17.4. The Morgan fingerprint density at radius 2 is 1.57 bits per heavy atom. The lowest BCUT2D eigenvalue weighted by Crippen LogP contribution is -2.56. The van der Waals surface area contributed by atoms with Gasteiger partial charge >= 0.3 is 0 Å². The van der Waals surface area contributed by atoms with E-state index in [2.05, 4.69) is 10.2 Å². The van der Waals surface area contributed by atoms with Crippen molar-refractivity contribution in [1.29, 1.82) is 0 Å². The van der Waals surface area contributed by atoms with Crippen LogP contribution >= 0.6 is 12.4 Å². The van der Waals surface area contributed by atoms with Crippen LogP contribution in [0.3, 0.4) is 0 Å². The molecule has 3 saturated heterocycles. The van der Waals surface area contributed by atoms with Gasteiger partial charge < -0.3 is 10.1 Å². The lowest BCUT2D eigenvalue weighted by atomic mass is 10.2. The summed E-state index contributed by atoms with van der Waals surface area (Å²) in [7, 11) is -3.29. The van der Waals surface area contributed by atoms with E-state index in [0.717, 1.165) is 26.2 Å². The van der Waals surface area contributed by atoms with E-state index >= 15 is 0 Å². The molecule has 0 saturated carbocycles. The molecule has 3 heterocycles. The van der Waals surface area contributed by atoms with Crippen LogP contribution in [0.15, 0.2) is 0 Å². The molecule has 0 bridgehead atoms. The fourth-order valence-electron chi connectivity index (χ4n) is 3.19. The average molecular weight is 341 g/mol. The fraction of sp³-hybridized carbons (Fsp3) is 1.00. The molecule has 1 unspecified atom stereocenters. The summed E-state index contributed by atoms with van der Waals surface area (Å²) in [4.78, 5) is 2.42. The highest BCUT2D eigenvalue weighted by atomic mass is 35.5. The number of piperazine rings is 1. The van der Waals surface area contributed by atoms with Gasteiger partial charge in [-0.15, -0.1) is 12.4 Å². The third-order valence-electron chi connectivity index (χ3n) is 4.45. The first-order valence-electron chi connectivity index (χ1n) is 7.46. The largest absolute Gasteiger partial charge is 0.379 e. The second kappa shape index (κ2) is 7.54. The standard InChI is InChI=1S/C12H24N4O3S.ClH/c17-20(18,16-7-9-19-10-8-16)15-5-3-14(4-6-15)12-1-2-13-11-12;/h12-13H,1-11H2;1H. The molecule has 124 valence electrons. The molecule has 0 aromatic rings. The Morgan fingerprint density at radius 1 is 0.952 bits per heavy atom. The predicted molar refractivity (Wildman–Crippen MR) is 83.0 cm³/mol. The molecule has 0 amide bonds. The van der Waals surface area contributed by atoms with Gasteiger partial charge in [-0.25, -0.2) is 0 Å². The predicted octanol–water partition coefficient (Wildman–Crippen LogP) is -1.04. The quantitative estimate of drug-likeness (QED) is 0.711. The number of nitrogens with one attached hydrogen (secondary N) is 1. The first-order valence-corrected chi connectivity index (χ1v) is 8.85. The van der Waals surface area contributed by atoms with Crippen LogP contribution in [0, 0.1) is 0 Å². The Kier molecular flexibility index (Phi) is 6.25. The molecule has 1 N–H and O–H groups in total. The molecule has 0 radical (unpaired) electrons. The molecule has 3 rings (SSSR count). The van der Waals surface area contributed by atoms with Crippen LogP contribution in [0.4, 0.5) is 0 Å². The van der Waals surface area contributed by atoms with Gasteiger partial charge in [0.1, 0.15) is 0 Å². The number of ether oxygens (including phenoxy) is 1. The van der Waals surface area contributed by atoms with E-state index in [1.807, 2.05) is 0 Å². The summed E-state index contributed by atoms with van der Waals surface area (Å²) in [6.45, 7) is 7.00. The van der Waals surface area contributed by atoms with E-state index in [9.17, 15) is 8.42 Å². The van der Waals surface area contributed by atoms with Gasteiger partial charge in [0.15, 0.2) is 0 Å². The van der Waals surface area contributed by atoms with E-state index in [-0.39, 0.29) is 12.4 Å². The lowest BCUT2D eigenvalue weighted by Gasteiger charge is -2.39. The molecule has 3 aliphatic rings. The van der Waals surface area contributed by atoms with Gasteiger partial charge in [-0.1, -0.05) is 0 Å². The third kappa shape index (κ3) is 3.87. The Balaban J connectivity index is 0.00000161.